The number of hydrogen-bond acceptors (Lipinski definition) is 11. The first kappa shape index (κ1) is 32.1. The van der Waals surface area contributed by atoms with Crippen LogP contribution in [0.5, 0.6) is 0 Å². The number of benzene rings is 1. The summed E-state index contributed by atoms with van der Waals surface area (Å²) in [7, 11) is -3.13. The molecule has 1 atom stereocenters. The molecule has 0 unspecified atom stereocenters. The molecule has 1 heterocycles. The van der Waals surface area contributed by atoms with E-state index in [4.69, 9.17) is 10.1 Å². The van der Waals surface area contributed by atoms with Crippen molar-refractivity contribution < 1.29 is 37.3 Å². The summed E-state index contributed by atoms with van der Waals surface area (Å²) < 4.78 is 32.5. The van der Waals surface area contributed by atoms with Gasteiger partial charge in [-0.3, -0.25) is 45.3 Å². The molecule has 0 bridgehead atoms. The third-order valence-electron chi connectivity index (χ3n) is 6.40. The number of carbonyl (C=O) groups is 4. The van der Waals surface area contributed by atoms with E-state index >= 15 is 0 Å². The number of amides is 3. The van der Waals surface area contributed by atoms with E-state index in [0.29, 0.717) is 0 Å². The summed E-state index contributed by atoms with van der Waals surface area (Å²) in [5.74, 6) is -2.97. The molecule has 3 rings (SSSR count). The minimum Gasteiger partial charge on any atom is -0.467 e. The number of guanidine groups is 1. The molecule has 226 valence electrons. The number of nitro groups is 1. The van der Waals surface area contributed by atoms with Crippen molar-refractivity contribution >= 4 is 62.4 Å². The Bertz CT molecular complexity index is 1450. The number of rotatable bonds is 12. The van der Waals surface area contributed by atoms with Gasteiger partial charge in [0.25, 0.3) is 21.6 Å². The molecule has 0 spiro atoms. The topological polar surface area (TPSA) is 227 Å². The Morgan fingerprint density at radius 3 is 2.36 bits per heavy atom. The maximum atomic E-state index is 13.0. The minimum absolute atomic E-state index is 0.0920. The van der Waals surface area contributed by atoms with Crippen LogP contribution in [0.25, 0.3) is 0 Å². The lowest BCUT2D eigenvalue weighted by Gasteiger charge is -2.17. The smallest absolute Gasteiger partial charge is 0.328 e. The number of anilines is 1. The third-order valence-corrected chi connectivity index (χ3v) is 8.70. The van der Waals surface area contributed by atoms with Crippen LogP contribution in [0.3, 0.4) is 0 Å². The maximum absolute atomic E-state index is 13.0. The SMILES string of the molecule is COC(=O)[C@H](CCC(=O)NC(=N)NC(=O)CC1CCCC1)NC(=O)c1sccc1NS(=O)(=O)c1ccc([N+](=O)[O-])cc1. The van der Waals surface area contributed by atoms with Gasteiger partial charge in [0, 0.05) is 25.0 Å². The van der Waals surface area contributed by atoms with Crippen molar-refractivity contribution in [2.75, 3.05) is 11.8 Å². The molecule has 15 nitrogen and oxygen atoms in total. The highest BCUT2D eigenvalue weighted by molar-refractivity contribution is 7.92. The summed E-state index contributed by atoms with van der Waals surface area (Å²) >= 11 is 0.883. The number of nitrogens with zero attached hydrogens (tertiary/aromatic N) is 1. The highest BCUT2D eigenvalue weighted by Gasteiger charge is 2.27. The molecule has 17 heteroatoms. The van der Waals surface area contributed by atoms with E-state index in [-0.39, 0.29) is 52.2 Å². The number of ether oxygens (including phenoxy) is 1. The summed E-state index contributed by atoms with van der Waals surface area (Å²) in [6, 6.07) is 4.19. The molecule has 42 heavy (non-hydrogen) atoms. The molecule has 1 aliphatic carbocycles. The monoisotopic (exact) mass is 622 g/mol. The zero-order valence-corrected chi connectivity index (χ0v) is 24.1. The normalized spacial score (nSPS) is 13.9. The Kier molecular flexibility index (Phi) is 11.1. The Morgan fingerprint density at radius 2 is 1.74 bits per heavy atom. The Balaban J connectivity index is 1.57. The van der Waals surface area contributed by atoms with Crippen LogP contribution >= 0.6 is 11.3 Å². The number of non-ortho nitro benzene ring substituents is 1. The van der Waals surface area contributed by atoms with Gasteiger partial charge in [0.05, 0.1) is 22.6 Å². The molecule has 1 saturated carbocycles. The van der Waals surface area contributed by atoms with Crippen LogP contribution in [-0.2, 0) is 29.1 Å². The third kappa shape index (κ3) is 9.07. The van der Waals surface area contributed by atoms with Crippen LogP contribution in [0, 0.1) is 21.4 Å². The quantitative estimate of drug-likeness (QED) is 0.0768. The summed E-state index contributed by atoms with van der Waals surface area (Å²) in [5.41, 5.74) is -0.396. The van der Waals surface area contributed by atoms with E-state index in [1.54, 1.807) is 0 Å². The number of nitrogens with one attached hydrogen (secondary N) is 5. The van der Waals surface area contributed by atoms with E-state index in [1.165, 1.54) is 11.4 Å². The van der Waals surface area contributed by atoms with Crippen LogP contribution in [-0.4, -0.2) is 56.1 Å². The van der Waals surface area contributed by atoms with E-state index in [2.05, 4.69) is 20.7 Å². The zero-order valence-electron chi connectivity index (χ0n) is 22.5. The number of sulfonamides is 1. The van der Waals surface area contributed by atoms with Gasteiger partial charge in [0.2, 0.25) is 17.8 Å². The lowest BCUT2D eigenvalue weighted by atomic mass is 10.0. The van der Waals surface area contributed by atoms with Crippen molar-refractivity contribution in [3.05, 3.63) is 50.7 Å². The van der Waals surface area contributed by atoms with E-state index in [0.717, 1.165) is 68.4 Å². The van der Waals surface area contributed by atoms with Gasteiger partial charge in [0.15, 0.2) is 0 Å². The number of hydrogen-bond donors (Lipinski definition) is 5. The molecular weight excluding hydrogens is 592 g/mol. The Morgan fingerprint density at radius 1 is 1.10 bits per heavy atom. The van der Waals surface area contributed by atoms with Gasteiger partial charge in [-0.15, -0.1) is 11.3 Å². The summed E-state index contributed by atoms with van der Waals surface area (Å²) in [6.45, 7) is 0. The van der Waals surface area contributed by atoms with E-state index < -0.39 is 44.7 Å². The number of methoxy groups -OCH3 is 1. The molecule has 3 amide bonds. The number of esters is 1. The molecule has 1 aromatic heterocycles. The number of thiophene rings is 1. The molecule has 1 aliphatic rings. The lowest BCUT2D eigenvalue weighted by Crippen LogP contribution is -2.45. The van der Waals surface area contributed by atoms with Crippen molar-refractivity contribution in [2.24, 2.45) is 5.92 Å². The van der Waals surface area contributed by atoms with Crippen molar-refractivity contribution in [1.82, 2.24) is 16.0 Å². The van der Waals surface area contributed by atoms with E-state index in [9.17, 15) is 37.7 Å². The van der Waals surface area contributed by atoms with Gasteiger partial charge in [-0.2, -0.15) is 0 Å². The molecule has 1 aromatic carbocycles. The van der Waals surface area contributed by atoms with Gasteiger partial charge in [-0.25, -0.2) is 13.2 Å². The molecule has 1 fully saturated rings. The largest absolute Gasteiger partial charge is 0.467 e. The lowest BCUT2D eigenvalue weighted by molar-refractivity contribution is -0.384. The molecular formula is C25H30N6O9S2. The standard InChI is InChI=1S/C25H30N6O9S2/c1-40-24(35)19(10-11-20(32)28-25(26)29-21(33)14-15-4-2-3-5-15)27-23(34)22-18(12-13-41-22)30-42(38,39)17-8-6-16(7-9-17)31(36)37/h6-9,12-13,15,19,30H,2-5,10-11,14H2,1H3,(H,27,34)(H3,26,28,29,32,33)/t19-/m0/s1. The predicted molar refractivity (Wildman–Crippen MR) is 151 cm³/mol. The van der Waals surface area contributed by atoms with Crippen molar-refractivity contribution in [2.45, 2.75) is 55.9 Å². The van der Waals surface area contributed by atoms with Gasteiger partial charge in [-0.1, -0.05) is 12.8 Å². The van der Waals surface area contributed by atoms with Crippen LogP contribution in [0.4, 0.5) is 11.4 Å². The molecule has 0 aliphatic heterocycles. The first-order valence-electron chi connectivity index (χ1n) is 12.8. The summed E-state index contributed by atoms with van der Waals surface area (Å²) in [5, 5.41) is 27.1. The fourth-order valence-corrected chi connectivity index (χ4v) is 6.20. The summed E-state index contributed by atoms with van der Waals surface area (Å²) in [6.07, 6.45) is 3.77. The Hall–Kier alpha value is -4.38. The minimum atomic E-state index is -4.22. The maximum Gasteiger partial charge on any atom is 0.328 e. The second-order valence-electron chi connectivity index (χ2n) is 9.43. The Labute approximate surface area is 245 Å². The van der Waals surface area contributed by atoms with Gasteiger partial charge in [-0.05, 0) is 48.8 Å². The zero-order chi connectivity index (χ0) is 30.9. The average molecular weight is 623 g/mol. The number of nitro benzene ring substituents is 1. The van der Waals surface area contributed by atoms with Crippen LogP contribution in [0.2, 0.25) is 0 Å². The van der Waals surface area contributed by atoms with Crippen LogP contribution in [0.1, 0.15) is 54.6 Å². The second-order valence-corrected chi connectivity index (χ2v) is 12.0. The van der Waals surface area contributed by atoms with Crippen molar-refractivity contribution in [3.63, 3.8) is 0 Å². The van der Waals surface area contributed by atoms with Crippen LogP contribution < -0.4 is 20.7 Å². The highest BCUT2D eigenvalue weighted by Crippen LogP contribution is 2.28. The second kappa shape index (κ2) is 14.5. The van der Waals surface area contributed by atoms with Gasteiger partial charge < -0.3 is 10.1 Å². The van der Waals surface area contributed by atoms with Gasteiger partial charge >= 0.3 is 5.97 Å². The highest BCUT2D eigenvalue weighted by atomic mass is 32.2. The van der Waals surface area contributed by atoms with Crippen LogP contribution in [0.15, 0.2) is 40.6 Å². The van der Waals surface area contributed by atoms with E-state index in [1.807, 2.05) is 0 Å². The van der Waals surface area contributed by atoms with Gasteiger partial charge in [0.1, 0.15) is 10.9 Å². The van der Waals surface area contributed by atoms with Crippen molar-refractivity contribution in [3.8, 4) is 0 Å². The fourth-order valence-electron chi connectivity index (χ4n) is 4.31. The predicted octanol–water partition coefficient (Wildman–Crippen LogP) is 2.26. The van der Waals surface area contributed by atoms with Crippen molar-refractivity contribution in [1.29, 1.82) is 5.41 Å². The fraction of sp³-hybridized carbons (Fsp3) is 0.400. The first-order valence-corrected chi connectivity index (χ1v) is 15.2. The molecule has 0 saturated heterocycles. The molecule has 5 N–H and O–H groups in total. The summed E-state index contributed by atoms with van der Waals surface area (Å²) in [4.78, 5) is 59.5. The number of carbonyl (C=O) groups excluding carboxylic acids is 4. The average Bonchev–Trinajstić information content (AvgIpc) is 3.62. The first-order chi connectivity index (χ1) is 19.9. The molecule has 0 radical (unpaired) electrons. The molecule has 2 aromatic rings.